The van der Waals surface area contributed by atoms with Gasteiger partial charge < -0.3 is 20.1 Å². The van der Waals surface area contributed by atoms with Gasteiger partial charge in [0.25, 0.3) is 0 Å². The van der Waals surface area contributed by atoms with E-state index in [1.165, 1.54) is 24.2 Å². The van der Waals surface area contributed by atoms with Gasteiger partial charge in [-0.05, 0) is 52.0 Å². The lowest BCUT2D eigenvalue weighted by Gasteiger charge is -2.16. The first-order valence-electron chi connectivity index (χ1n) is 10.8. The van der Waals surface area contributed by atoms with Crippen molar-refractivity contribution in [3.05, 3.63) is 39.5 Å². The standard InChI is InChI=1S/C22H31N5O3S.HI/c1-5-23-22(25-12-17-9-10-18(24-11-17)30-13-16-7-8-16)27-15(4)20-26-14(3)19(31-20)21(28)29-6-2;/h9-11,15-16H,5-8,12-13H2,1-4H3,(H2,23,25,27);1H. The first-order valence-corrected chi connectivity index (χ1v) is 11.6. The minimum absolute atomic E-state index is 0. The van der Waals surface area contributed by atoms with E-state index in [1.807, 2.05) is 32.9 Å². The highest BCUT2D eigenvalue weighted by atomic mass is 127. The second-order valence-corrected chi connectivity index (χ2v) is 8.54. The maximum atomic E-state index is 12.1. The molecule has 0 aromatic carbocycles. The van der Waals surface area contributed by atoms with E-state index >= 15 is 0 Å². The van der Waals surface area contributed by atoms with Gasteiger partial charge in [-0.15, -0.1) is 35.3 Å². The van der Waals surface area contributed by atoms with Crippen LogP contribution in [0.5, 0.6) is 5.88 Å². The molecule has 176 valence electrons. The first-order chi connectivity index (χ1) is 15.0. The Kier molecular flexibility index (Phi) is 10.6. The van der Waals surface area contributed by atoms with Crippen LogP contribution in [0.2, 0.25) is 0 Å². The lowest BCUT2D eigenvalue weighted by Crippen LogP contribution is -2.38. The predicted molar refractivity (Wildman–Crippen MR) is 137 cm³/mol. The van der Waals surface area contributed by atoms with E-state index in [2.05, 4.69) is 25.6 Å². The van der Waals surface area contributed by atoms with Gasteiger partial charge in [0.05, 0.1) is 31.5 Å². The van der Waals surface area contributed by atoms with E-state index in [4.69, 9.17) is 9.47 Å². The van der Waals surface area contributed by atoms with Crippen molar-refractivity contribution in [2.45, 2.75) is 53.1 Å². The number of hydrogen-bond acceptors (Lipinski definition) is 7. The fourth-order valence-electron chi connectivity index (χ4n) is 2.82. The molecule has 1 fully saturated rings. The SMILES string of the molecule is CCNC(=NCc1ccc(OCC2CC2)nc1)NC(C)c1nc(C)c(C(=O)OCC)s1.I. The van der Waals surface area contributed by atoms with E-state index in [9.17, 15) is 4.79 Å². The fourth-order valence-corrected chi connectivity index (χ4v) is 3.79. The molecular weight excluding hydrogens is 541 g/mol. The van der Waals surface area contributed by atoms with Crippen molar-refractivity contribution in [3.8, 4) is 5.88 Å². The van der Waals surface area contributed by atoms with Gasteiger partial charge in [0.1, 0.15) is 9.88 Å². The third-order valence-corrected chi connectivity index (χ3v) is 6.04. The first kappa shape index (κ1) is 26.3. The molecule has 0 radical (unpaired) electrons. The summed E-state index contributed by atoms with van der Waals surface area (Å²) in [6.45, 7) is 9.95. The molecule has 2 heterocycles. The number of nitrogens with zero attached hydrogens (tertiary/aromatic N) is 3. The van der Waals surface area contributed by atoms with Gasteiger partial charge in [0.2, 0.25) is 5.88 Å². The molecule has 2 aromatic heterocycles. The zero-order valence-corrected chi connectivity index (χ0v) is 22.2. The number of nitrogens with one attached hydrogen (secondary N) is 2. The van der Waals surface area contributed by atoms with Gasteiger partial charge >= 0.3 is 5.97 Å². The molecule has 1 saturated carbocycles. The van der Waals surface area contributed by atoms with Gasteiger partial charge in [-0.25, -0.2) is 19.8 Å². The number of aliphatic imine (C=N–C) groups is 1. The van der Waals surface area contributed by atoms with Crippen LogP contribution in [0.15, 0.2) is 23.3 Å². The van der Waals surface area contributed by atoms with Crippen LogP contribution in [0.4, 0.5) is 0 Å². The molecule has 1 aliphatic rings. The van der Waals surface area contributed by atoms with E-state index in [0.29, 0.717) is 41.5 Å². The highest BCUT2D eigenvalue weighted by molar-refractivity contribution is 14.0. The summed E-state index contributed by atoms with van der Waals surface area (Å²) in [5.74, 6) is 1.72. The van der Waals surface area contributed by atoms with Crippen molar-refractivity contribution in [2.24, 2.45) is 10.9 Å². The zero-order valence-electron chi connectivity index (χ0n) is 19.0. The number of aryl methyl sites for hydroxylation is 1. The molecule has 0 saturated heterocycles. The summed E-state index contributed by atoms with van der Waals surface area (Å²) in [6, 6.07) is 3.77. The van der Waals surface area contributed by atoms with E-state index < -0.39 is 0 Å². The number of esters is 1. The van der Waals surface area contributed by atoms with Gasteiger partial charge in [-0.3, -0.25) is 0 Å². The van der Waals surface area contributed by atoms with Gasteiger partial charge in [-0.2, -0.15) is 0 Å². The quantitative estimate of drug-likeness (QED) is 0.190. The van der Waals surface area contributed by atoms with Crippen LogP contribution >= 0.6 is 35.3 Å². The second kappa shape index (κ2) is 12.9. The smallest absolute Gasteiger partial charge is 0.350 e. The number of aromatic nitrogens is 2. The van der Waals surface area contributed by atoms with Crippen LogP contribution in [0.1, 0.15) is 65.6 Å². The van der Waals surface area contributed by atoms with Crippen molar-refractivity contribution in [3.63, 3.8) is 0 Å². The van der Waals surface area contributed by atoms with E-state index in [0.717, 1.165) is 23.7 Å². The molecule has 0 bridgehead atoms. The molecule has 1 aliphatic carbocycles. The van der Waals surface area contributed by atoms with E-state index in [1.54, 1.807) is 13.1 Å². The molecule has 1 unspecified atom stereocenters. The van der Waals surface area contributed by atoms with Crippen LogP contribution in [0, 0.1) is 12.8 Å². The number of carbonyl (C=O) groups excluding carboxylic acids is 1. The number of rotatable bonds is 10. The molecule has 3 rings (SSSR count). The van der Waals surface area contributed by atoms with Crippen molar-refractivity contribution in [1.29, 1.82) is 0 Å². The highest BCUT2D eigenvalue weighted by Crippen LogP contribution is 2.29. The summed E-state index contributed by atoms with van der Waals surface area (Å²) in [5, 5.41) is 7.41. The number of carbonyl (C=O) groups is 1. The fraction of sp³-hybridized carbons (Fsp3) is 0.545. The average molecular weight is 574 g/mol. The van der Waals surface area contributed by atoms with Crippen molar-refractivity contribution >= 4 is 47.2 Å². The number of pyridine rings is 1. The minimum Gasteiger partial charge on any atom is -0.477 e. The molecule has 0 spiro atoms. The largest absolute Gasteiger partial charge is 0.477 e. The summed E-state index contributed by atoms with van der Waals surface area (Å²) in [6.07, 6.45) is 4.32. The lowest BCUT2D eigenvalue weighted by atomic mass is 10.3. The van der Waals surface area contributed by atoms with Crippen molar-refractivity contribution in [2.75, 3.05) is 19.8 Å². The van der Waals surface area contributed by atoms with Crippen LogP contribution in [-0.2, 0) is 11.3 Å². The Morgan fingerprint density at radius 3 is 2.75 bits per heavy atom. The van der Waals surface area contributed by atoms with Gasteiger partial charge in [0, 0.05) is 18.8 Å². The Morgan fingerprint density at radius 2 is 2.12 bits per heavy atom. The summed E-state index contributed by atoms with van der Waals surface area (Å²) in [5.41, 5.74) is 1.68. The minimum atomic E-state index is -0.325. The Bertz CT molecular complexity index is 899. The van der Waals surface area contributed by atoms with Crippen LogP contribution in [0.3, 0.4) is 0 Å². The summed E-state index contributed by atoms with van der Waals surface area (Å²) < 4.78 is 10.8. The number of ether oxygens (including phenoxy) is 2. The van der Waals surface area contributed by atoms with Crippen LogP contribution in [0.25, 0.3) is 0 Å². The van der Waals surface area contributed by atoms with Gasteiger partial charge in [0.15, 0.2) is 5.96 Å². The summed E-state index contributed by atoms with van der Waals surface area (Å²) >= 11 is 1.35. The number of guanidine groups is 1. The Hall–Kier alpha value is -1.95. The monoisotopic (exact) mass is 573 g/mol. The number of hydrogen-bond donors (Lipinski definition) is 2. The predicted octanol–water partition coefficient (Wildman–Crippen LogP) is 4.25. The Morgan fingerprint density at radius 1 is 1.34 bits per heavy atom. The highest BCUT2D eigenvalue weighted by Gasteiger charge is 2.22. The molecular formula is C22H32IN5O3S. The molecule has 32 heavy (non-hydrogen) atoms. The van der Waals surface area contributed by atoms with Crippen LogP contribution < -0.4 is 15.4 Å². The molecule has 1 atom stereocenters. The van der Waals surface area contributed by atoms with Crippen molar-refractivity contribution in [1.82, 2.24) is 20.6 Å². The maximum absolute atomic E-state index is 12.1. The molecule has 0 amide bonds. The lowest BCUT2D eigenvalue weighted by molar-refractivity contribution is 0.0531. The number of halogens is 1. The molecule has 2 aromatic rings. The number of thiazole rings is 1. The molecule has 10 heteroatoms. The van der Waals surface area contributed by atoms with Crippen molar-refractivity contribution < 1.29 is 14.3 Å². The topological polar surface area (TPSA) is 97.7 Å². The summed E-state index contributed by atoms with van der Waals surface area (Å²) in [7, 11) is 0. The Balaban J connectivity index is 0.00000363. The molecule has 8 nitrogen and oxygen atoms in total. The third kappa shape index (κ3) is 7.88. The normalized spacial score (nSPS) is 14.3. The maximum Gasteiger partial charge on any atom is 0.350 e. The molecule has 2 N–H and O–H groups in total. The average Bonchev–Trinajstić information content (AvgIpc) is 3.51. The van der Waals surface area contributed by atoms with Crippen LogP contribution in [-0.4, -0.2) is 41.7 Å². The Labute approximate surface area is 210 Å². The third-order valence-electron chi connectivity index (χ3n) is 4.72. The summed E-state index contributed by atoms with van der Waals surface area (Å²) in [4.78, 5) is 26.2. The second-order valence-electron chi connectivity index (χ2n) is 7.51. The molecule has 0 aliphatic heterocycles. The van der Waals surface area contributed by atoms with E-state index in [-0.39, 0.29) is 36.0 Å². The zero-order chi connectivity index (χ0) is 22.2. The van der Waals surface area contributed by atoms with Gasteiger partial charge in [-0.1, -0.05) is 6.07 Å².